The Kier molecular flexibility index (Phi) is 6.45. The molecular weight excluding hydrogens is 446 g/mol. The molecule has 9 nitrogen and oxygen atoms in total. The molecule has 0 spiro atoms. The van der Waals surface area contributed by atoms with Crippen molar-refractivity contribution < 1.29 is 28.5 Å². The van der Waals surface area contributed by atoms with Gasteiger partial charge in [0.25, 0.3) is 0 Å². The van der Waals surface area contributed by atoms with Crippen molar-refractivity contribution in [1.82, 2.24) is 14.8 Å². The molecule has 10 heteroatoms. The zero-order valence-electron chi connectivity index (χ0n) is 18.6. The van der Waals surface area contributed by atoms with Gasteiger partial charge in [-0.2, -0.15) is 0 Å². The normalized spacial score (nSPS) is 11.0. The number of furan rings is 1. The van der Waals surface area contributed by atoms with Crippen molar-refractivity contribution >= 4 is 28.5 Å². The Morgan fingerprint density at radius 3 is 2.58 bits per heavy atom. The van der Waals surface area contributed by atoms with Crippen LogP contribution in [-0.4, -0.2) is 52.7 Å². The minimum Gasteiger partial charge on any atom is -0.502 e. The summed E-state index contributed by atoms with van der Waals surface area (Å²) in [5, 5.41) is 20.3. The van der Waals surface area contributed by atoms with Crippen LogP contribution in [0.3, 0.4) is 0 Å². The monoisotopic (exact) mass is 469 g/mol. The third-order valence-corrected chi connectivity index (χ3v) is 6.10. The number of carbonyl (C=O) groups excluding carboxylic acids is 1. The van der Waals surface area contributed by atoms with Crippen LogP contribution in [0.15, 0.2) is 46.0 Å². The number of aromatic hydroxyl groups is 1. The summed E-state index contributed by atoms with van der Waals surface area (Å²) in [6.45, 7) is 2.55. The number of phenols is 1. The van der Waals surface area contributed by atoms with Gasteiger partial charge in [0.15, 0.2) is 39.5 Å². The number of aromatic nitrogens is 3. The quantitative estimate of drug-likeness (QED) is 0.281. The highest BCUT2D eigenvalue weighted by Crippen LogP contribution is 2.39. The van der Waals surface area contributed by atoms with E-state index in [1.165, 1.54) is 32.0 Å². The Morgan fingerprint density at radius 1 is 1.09 bits per heavy atom. The second kappa shape index (κ2) is 9.45. The zero-order valence-corrected chi connectivity index (χ0v) is 19.4. The average molecular weight is 470 g/mol. The number of rotatable bonds is 9. The lowest BCUT2D eigenvalue weighted by molar-refractivity contribution is 0.101. The largest absolute Gasteiger partial charge is 0.502 e. The number of hydrogen-bond acceptors (Lipinski definition) is 9. The molecule has 2 aromatic carbocycles. The maximum absolute atomic E-state index is 12.9. The number of carbonyl (C=O) groups is 1. The predicted octanol–water partition coefficient (Wildman–Crippen LogP) is 4.42. The lowest BCUT2D eigenvalue weighted by Crippen LogP contribution is -2.07. The van der Waals surface area contributed by atoms with E-state index < -0.39 is 0 Å². The molecule has 1 N–H and O–H groups in total. The first kappa shape index (κ1) is 22.5. The van der Waals surface area contributed by atoms with E-state index >= 15 is 0 Å². The zero-order chi connectivity index (χ0) is 23.5. The number of ketones is 1. The molecule has 2 aromatic heterocycles. The first-order valence-corrected chi connectivity index (χ1v) is 11.1. The summed E-state index contributed by atoms with van der Waals surface area (Å²) in [5.74, 6) is 1.70. The minimum absolute atomic E-state index is 0.0776. The van der Waals surface area contributed by atoms with Crippen molar-refractivity contribution in [2.45, 2.75) is 18.6 Å². The van der Waals surface area contributed by atoms with Gasteiger partial charge in [0.1, 0.15) is 0 Å². The number of Topliss-reactive ketones (excluding diaryl/α,β-unsaturated/α-hetero) is 1. The fraction of sp³-hybridized carbons (Fsp3) is 0.261. The van der Waals surface area contributed by atoms with Gasteiger partial charge in [-0.1, -0.05) is 23.9 Å². The van der Waals surface area contributed by atoms with Crippen molar-refractivity contribution in [3.63, 3.8) is 0 Å². The molecule has 0 aliphatic rings. The van der Waals surface area contributed by atoms with E-state index in [-0.39, 0.29) is 34.3 Å². The van der Waals surface area contributed by atoms with E-state index in [4.69, 9.17) is 18.6 Å². The summed E-state index contributed by atoms with van der Waals surface area (Å²) in [6, 6.07) is 10.6. The van der Waals surface area contributed by atoms with Crippen LogP contribution in [0.1, 0.15) is 17.3 Å². The topological polar surface area (TPSA) is 109 Å². The fourth-order valence-corrected chi connectivity index (χ4v) is 4.41. The molecule has 0 radical (unpaired) electrons. The molecule has 33 heavy (non-hydrogen) atoms. The number of fused-ring (bicyclic) bond motifs is 1. The SMILES string of the molecule is CCn1c(SCC(=O)c2ccc(OC)c(O)c2OC)nnc1-c1cc2cccc(OC)c2o1. The number of ether oxygens (including phenoxy) is 3. The van der Waals surface area contributed by atoms with Crippen molar-refractivity contribution in [2.75, 3.05) is 27.1 Å². The second-order valence-corrected chi connectivity index (χ2v) is 7.89. The van der Waals surface area contributed by atoms with Gasteiger partial charge in [-0.05, 0) is 31.2 Å². The third kappa shape index (κ3) is 4.09. The van der Waals surface area contributed by atoms with Crippen LogP contribution in [0.4, 0.5) is 0 Å². The molecule has 0 aliphatic carbocycles. The second-order valence-electron chi connectivity index (χ2n) is 6.95. The fourth-order valence-electron chi connectivity index (χ4n) is 3.52. The van der Waals surface area contributed by atoms with Gasteiger partial charge in [0.2, 0.25) is 11.6 Å². The van der Waals surface area contributed by atoms with E-state index in [0.29, 0.717) is 34.6 Å². The lowest BCUT2D eigenvalue weighted by atomic mass is 10.1. The van der Waals surface area contributed by atoms with Crippen LogP contribution >= 0.6 is 11.8 Å². The molecule has 0 saturated carbocycles. The van der Waals surface area contributed by atoms with Gasteiger partial charge in [-0.3, -0.25) is 9.36 Å². The lowest BCUT2D eigenvalue weighted by Gasteiger charge is -2.12. The van der Waals surface area contributed by atoms with Crippen molar-refractivity contribution in [3.8, 4) is 34.6 Å². The van der Waals surface area contributed by atoms with Crippen LogP contribution in [0.5, 0.6) is 23.0 Å². The van der Waals surface area contributed by atoms with Gasteiger partial charge in [-0.25, -0.2) is 0 Å². The van der Waals surface area contributed by atoms with E-state index in [0.717, 1.165) is 5.39 Å². The number of nitrogens with zero attached hydrogens (tertiary/aromatic N) is 3. The van der Waals surface area contributed by atoms with E-state index in [2.05, 4.69) is 10.2 Å². The molecule has 2 heterocycles. The highest BCUT2D eigenvalue weighted by atomic mass is 32.2. The number of hydrogen-bond donors (Lipinski definition) is 1. The number of para-hydroxylation sites is 1. The maximum Gasteiger partial charge on any atom is 0.201 e. The number of phenolic OH excluding ortho intramolecular Hbond substituents is 1. The third-order valence-electron chi connectivity index (χ3n) is 5.13. The Labute approximate surface area is 194 Å². The van der Waals surface area contributed by atoms with Gasteiger partial charge in [0, 0.05) is 11.9 Å². The molecule has 0 atom stereocenters. The summed E-state index contributed by atoms with van der Waals surface area (Å²) in [6.07, 6.45) is 0. The Balaban J connectivity index is 1.59. The van der Waals surface area contributed by atoms with Gasteiger partial charge >= 0.3 is 0 Å². The summed E-state index contributed by atoms with van der Waals surface area (Å²) in [4.78, 5) is 12.9. The Morgan fingerprint density at radius 2 is 1.88 bits per heavy atom. The van der Waals surface area contributed by atoms with E-state index in [9.17, 15) is 9.90 Å². The molecule has 0 amide bonds. The molecule has 0 fully saturated rings. The first-order chi connectivity index (χ1) is 16.0. The smallest absolute Gasteiger partial charge is 0.201 e. The molecule has 0 unspecified atom stereocenters. The van der Waals surface area contributed by atoms with E-state index in [1.807, 2.05) is 35.8 Å². The van der Waals surface area contributed by atoms with Gasteiger partial charge in [-0.15, -0.1) is 10.2 Å². The van der Waals surface area contributed by atoms with Crippen molar-refractivity contribution in [3.05, 3.63) is 42.0 Å². The van der Waals surface area contributed by atoms with Gasteiger partial charge in [0.05, 0.1) is 32.6 Å². The van der Waals surface area contributed by atoms with Crippen LogP contribution in [0, 0.1) is 0 Å². The molecule has 0 aliphatic heterocycles. The van der Waals surface area contributed by atoms with Crippen molar-refractivity contribution in [1.29, 1.82) is 0 Å². The average Bonchev–Trinajstić information content (AvgIpc) is 3.45. The number of benzene rings is 2. The molecule has 172 valence electrons. The molecular formula is C23H23N3O6S. The first-order valence-electron chi connectivity index (χ1n) is 10.1. The summed E-state index contributed by atoms with van der Waals surface area (Å²) < 4.78 is 23.6. The molecule has 0 saturated heterocycles. The predicted molar refractivity (Wildman–Crippen MR) is 124 cm³/mol. The van der Waals surface area contributed by atoms with Crippen LogP contribution in [-0.2, 0) is 6.54 Å². The summed E-state index contributed by atoms with van der Waals surface area (Å²) >= 11 is 1.24. The van der Waals surface area contributed by atoms with Gasteiger partial charge < -0.3 is 23.7 Å². The van der Waals surface area contributed by atoms with Crippen molar-refractivity contribution in [2.24, 2.45) is 0 Å². The molecule has 4 rings (SSSR count). The molecule has 0 bridgehead atoms. The Bertz CT molecular complexity index is 1310. The molecule has 4 aromatic rings. The highest BCUT2D eigenvalue weighted by molar-refractivity contribution is 7.99. The summed E-state index contributed by atoms with van der Waals surface area (Å²) in [5.41, 5.74) is 0.895. The number of methoxy groups -OCH3 is 3. The highest BCUT2D eigenvalue weighted by Gasteiger charge is 2.22. The summed E-state index contributed by atoms with van der Waals surface area (Å²) in [7, 11) is 4.41. The van der Waals surface area contributed by atoms with Crippen LogP contribution in [0.25, 0.3) is 22.6 Å². The Hall–Kier alpha value is -3.66. The standard InChI is InChI=1S/C23H23N3O6S/c1-5-26-22(18-11-13-7-6-8-17(30-3)20(13)32-18)24-25-23(26)33-12-15(27)14-9-10-16(29-2)19(28)21(14)31-4/h6-11,28H,5,12H2,1-4H3. The van der Waals surface area contributed by atoms with Crippen LogP contribution < -0.4 is 14.2 Å². The minimum atomic E-state index is -0.226. The van der Waals surface area contributed by atoms with E-state index in [1.54, 1.807) is 13.2 Å². The number of thioether (sulfide) groups is 1. The van der Waals surface area contributed by atoms with Crippen LogP contribution in [0.2, 0.25) is 0 Å². The maximum atomic E-state index is 12.9.